The van der Waals surface area contributed by atoms with Gasteiger partial charge in [0.05, 0.1) is 17.1 Å². The summed E-state index contributed by atoms with van der Waals surface area (Å²) in [6, 6.07) is 36.9. The van der Waals surface area contributed by atoms with Gasteiger partial charge >= 0.3 is 0 Å². The van der Waals surface area contributed by atoms with Crippen LogP contribution in [0.25, 0.3) is 44.2 Å². The standard InChI is InChI=1S/C34H22BrN3O3/c35-26-16-17-30(40-21-24-11-7-10-22-8-1-3-12-27(22)24)25(18-26)20-36-38-33(32-19-23-9-2-6-15-31(23)41-32)37-29-14-5-4-13-28(29)34(38)39/h1-20H,21H2. The highest BCUT2D eigenvalue weighted by Gasteiger charge is 2.16. The van der Waals surface area contributed by atoms with Crippen LogP contribution in [0.5, 0.6) is 5.75 Å². The maximum Gasteiger partial charge on any atom is 0.282 e. The van der Waals surface area contributed by atoms with Crippen LogP contribution in [0, 0.1) is 0 Å². The van der Waals surface area contributed by atoms with Crippen molar-refractivity contribution in [3.63, 3.8) is 0 Å². The fourth-order valence-electron chi connectivity index (χ4n) is 4.93. The van der Waals surface area contributed by atoms with E-state index in [1.807, 2.05) is 84.9 Å². The normalized spacial score (nSPS) is 11.6. The third kappa shape index (κ3) is 4.81. The maximum absolute atomic E-state index is 13.7. The molecule has 0 spiro atoms. The van der Waals surface area contributed by atoms with Crippen molar-refractivity contribution in [1.29, 1.82) is 0 Å². The van der Waals surface area contributed by atoms with E-state index in [0.29, 0.717) is 46.0 Å². The number of rotatable bonds is 6. The number of ether oxygens (including phenoxy) is 1. The lowest BCUT2D eigenvalue weighted by molar-refractivity contribution is 0.307. The summed E-state index contributed by atoms with van der Waals surface area (Å²) >= 11 is 3.56. The zero-order valence-corrected chi connectivity index (χ0v) is 23.3. The minimum absolute atomic E-state index is 0.296. The predicted octanol–water partition coefficient (Wildman–Crippen LogP) is 8.19. The van der Waals surface area contributed by atoms with Crippen LogP contribution in [0.3, 0.4) is 0 Å². The Labute approximate surface area is 243 Å². The monoisotopic (exact) mass is 599 g/mol. The third-order valence-electron chi connectivity index (χ3n) is 6.95. The quantitative estimate of drug-likeness (QED) is 0.181. The van der Waals surface area contributed by atoms with Crippen molar-refractivity contribution in [2.45, 2.75) is 6.61 Å². The summed E-state index contributed by atoms with van der Waals surface area (Å²) in [6.07, 6.45) is 1.62. The molecule has 0 unspecified atom stereocenters. The van der Waals surface area contributed by atoms with Gasteiger partial charge in [0, 0.05) is 15.4 Å². The van der Waals surface area contributed by atoms with Crippen LogP contribution < -0.4 is 10.3 Å². The minimum Gasteiger partial charge on any atom is -0.488 e. The Morgan fingerprint density at radius 2 is 1.59 bits per heavy atom. The Kier molecular flexibility index (Phi) is 6.41. The molecule has 7 rings (SSSR count). The van der Waals surface area contributed by atoms with Crippen molar-refractivity contribution in [3.05, 3.63) is 141 Å². The van der Waals surface area contributed by atoms with Crippen LogP contribution >= 0.6 is 15.9 Å². The summed E-state index contributed by atoms with van der Waals surface area (Å²) in [5, 5.41) is 8.32. The first-order chi connectivity index (χ1) is 20.1. The first kappa shape index (κ1) is 25.0. The molecule has 0 amide bonds. The highest BCUT2D eigenvalue weighted by Crippen LogP contribution is 2.28. The zero-order valence-electron chi connectivity index (χ0n) is 21.7. The van der Waals surface area contributed by atoms with E-state index in [1.165, 1.54) is 4.68 Å². The lowest BCUT2D eigenvalue weighted by Crippen LogP contribution is -2.20. The molecule has 0 N–H and O–H groups in total. The molecule has 6 nitrogen and oxygen atoms in total. The van der Waals surface area contributed by atoms with Crippen LogP contribution in [-0.4, -0.2) is 15.9 Å². The summed E-state index contributed by atoms with van der Waals surface area (Å²) in [5.74, 6) is 1.40. The van der Waals surface area contributed by atoms with Gasteiger partial charge in [-0.1, -0.05) is 88.7 Å². The summed E-state index contributed by atoms with van der Waals surface area (Å²) in [6.45, 7) is 0.380. The molecule has 7 aromatic rings. The first-order valence-corrected chi connectivity index (χ1v) is 13.9. The molecule has 0 aliphatic carbocycles. The van der Waals surface area contributed by atoms with Gasteiger partial charge in [0.25, 0.3) is 5.56 Å². The Bertz CT molecular complexity index is 2130. The Balaban J connectivity index is 1.30. The van der Waals surface area contributed by atoms with Crippen molar-refractivity contribution in [2.24, 2.45) is 5.10 Å². The maximum atomic E-state index is 13.7. The first-order valence-electron chi connectivity index (χ1n) is 13.1. The number of hydrogen-bond acceptors (Lipinski definition) is 5. The molecule has 41 heavy (non-hydrogen) atoms. The average molecular weight is 600 g/mol. The van der Waals surface area contributed by atoms with Crippen molar-refractivity contribution in [3.8, 4) is 17.3 Å². The van der Waals surface area contributed by atoms with E-state index in [-0.39, 0.29) is 5.56 Å². The molecular weight excluding hydrogens is 578 g/mol. The number of hydrogen-bond donors (Lipinski definition) is 0. The molecule has 5 aromatic carbocycles. The highest BCUT2D eigenvalue weighted by atomic mass is 79.9. The van der Waals surface area contributed by atoms with Crippen molar-refractivity contribution in [2.75, 3.05) is 0 Å². The topological polar surface area (TPSA) is 69.6 Å². The zero-order chi connectivity index (χ0) is 27.8. The van der Waals surface area contributed by atoms with Crippen LogP contribution in [0.15, 0.2) is 134 Å². The Hall–Kier alpha value is -5.01. The second-order valence-electron chi connectivity index (χ2n) is 9.57. The van der Waals surface area contributed by atoms with E-state index in [9.17, 15) is 4.79 Å². The van der Waals surface area contributed by atoms with Gasteiger partial charge < -0.3 is 9.15 Å². The molecule has 0 fully saturated rings. The predicted molar refractivity (Wildman–Crippen MR) is 167 cm³/mol. The Morgan fingerprint density at radius 1 is 0.829 bits per heavy atom. The van der Waals surface area contributed by atoms with Crippen molar-refractivity contribution in [1.82, 2.24) is 9.66 Å². The van der Waals surface area contributed by atoms with Gasteiger partial charge in [0.2, 0.25) is 5.82 Å². The number of nitrogens with zero attached hydrogens (tertiary/aromatic N) is 3. The number of benzene rings is 5. The molecule has 2 heterocycles. The minimum atomic E-state index is -0.296. The van der Waals surface area contributed by atoms with E-state index < -0.39 is 0 Å². The van der Waals surface area contributed by atoms with E-state index in [0.717, 1.165) is 26.2 Å². The van der Waals surface area contributed by atoms with E-state index in [4.69, 9.17) is 14.1 Å². The second-order valence-corrected chi connectivity index (χ2v) is 10.5. The van der Waals surface area contributed by atoms with E-state index >= 15 is 0 Å². The van der Waals surface area contributed by atoms with Crippen molar-refractivity contribution >= 4 is 54.8 Å². The molecule has 198 valence electrons. The molecule has 7 heteroatoms. The van der Waals surface area contributed by atoms with Crippen LogP contribution in [0.4, 0.5) is 0 Å². The fraction of sp³-hybridized carbons (Fsp3) is 0.0294. The van der Waals surface area contributed by atoms with E-state index in [2.05, 4.69) is 45.3 Å². The number of aromatic nitrogens is 2. The van der Waals surface area contributed by atoms with Gasteiger partial charge in [-0.25, -0.2) is 4.98 Å². The number of para-hydroxylation sites is 2. The molecular formula is C34H22BrN3O3. The van der Waals surface area contributed by atoms with Gasteiger partial charge in [-0.3, -0.25) is 4.79 Å². The molecule has 0 saturated heterocycles. The lowest BCUT2D eigenvalue weighted by Gasteiger charge is -2.12. The number of halogens is 1. The SMILES string of the molecule is O=c1c2ccccc2nc(-c2cc3ccccc3o2)n1N=Cc1cc(Br)ccc1OCc1cccc2ccccc12. The largest absolute Gasteiger partial charge is 0.488 e. The molecule has 0 bridgehead atoms. The summed E-state index contributed by atoms with van der Waals surface area (Å²) in [4.78, 5) is 18.4. The fourth-order valence-corrected chi connectivity index (χ4v) is 5.31. The van der Waals surface area contributed by atoms with Gasteiger partial charge in [0.1, 0.15) is 17.9 Å². The van der Waals surface area contributed by atoms with E-state index in [1.54, 1.807) is 12.3 Å². The third-order valence-corrected chi connectivity index (χ3v) is 7.44. The molecule has 0 saturated carbocycles. The molecule has 0 radical (unpaired) electrons. The summed E-state index contributed by atoms with van der Waals surface area (Å²) in [7, 11) is 0. The van der Waals surface area contributed by atoms with Gasteiger partial charge in [0.15, 0.2) is 5.76 Å². The highest BCUT2D eigenvalue weighted by molar-refractivity contribution is 9.10. The van der Waals surface area contributed by atoms with Crippen LogP contribution in [-0.2, 0) is 6.61 Å². The second kappa shape index (κ2) is 10.5. The molecule has 0 aliphatic rings. The van der Waals surface area contributed by atoms with Gasteiger partial charge in [-0.05, 0) is 58.8 Å². The van der Waals surface area contributed by atoms with Crippen molar-refractivity contribution < 1.29 is 9.15 Å². The summed E-state index contributed by atoms with van der Waals surface area (Å²) < 4.78 is 14.5. The molecule has 0 atom stereocenters. The average Bonchev–Trinajstić information content (AvgIpc) is 3.44. The number of fused-ring (bicyclic) bond motifs is 3. The van der Waals surface area contributed by atoms with Gasteiger partial charge in [-0.2, -0.15) is 9.78 Å². The Morgan fingerprint density at radius 3 is 2.46 bits per heavy atom. The van der Waals surface area contributed by atoms with Gasteiger partial charge in [-0.15, -0.1) is 0 Å². The molecule has 2 aromatic heterocycles. The summed E-state index contributed by atoms with van der Waals surface area (Å²) in [5.41, 5.74) is 2.76. The van der Waals surface area contributed by atoms with Crippen LogP contribution in [0.2, 0.25) is 0 Å². The number of furan rings is 1. The lowest BCUT2D eigenvalue weighted by atomic mass is 10.1. The van der Waals surface area contributed by atoms with Crippen LogP contribution in [0.1, 0.15) is 11.1 Å². The smallest absolute Gasteiger partial charge is 0.282 e. The molecule has 0 aliphatic heterocycles.